The fourth-order valence-corrected chi connectivity index (χ4v) is 2.93. The molecular formula is C18H20ClN3O2. The van der Waals surface area contributed by atoms with E-state index in [-0.39, 0.29) is 17.7 Å². The Morgan fingerprint density at radius 1 is 1.21 bits per heavy atom. The van der Waals surface area contributed by atoms with E-state index < -0.39 is 6.04 Å². The predicted octanol–water partition coefficient (Wildman–Crippen LogP) is 3.21. The first-order valence-corrected chi connectivity index (χ1v) is 8.19. The molecule has 3 rings (SSSR count). The van der Waals surface area contributed by atoms with Crippen LogP contribution in [0.3, 0.4) is 0 Å². The molecule has 126 valence electrons. The van der Waals surface area contributed by atoms with Crippen molar-refractivity contribution in [1.82, 2.24) is 10.9 Å². The zero-order chi connectivity index (χ0) is 17.3. The molecule has 0 aliphatic carbocycles. The number of carbonyl (C=O) groups excluding carboxylic acids is 1. The number of aromatic hydroxyl groups is 1. The number of hydrogen-bond acceptors (Lipinski definition) is 4. The Morgan fingerprint density at radius 2 is 1.92 bits per heavy atom. The highest BCUT2D eigenvalue weighted by Gasteiger charge is 2.31. The van der Waals surface area contributed by atoms with Crippen molar-refractivity contribution in [3.05, 3.63) is 58.1 Å². The third kappa shape index (κ3) is 3.53. The van der Waals surface area contributed by atoms with Gasteiger partial charge in [0, 0.05) is 16.3 Å². The van der Waals surface area contributed by atoms with Gasteiger partial charge in [0.15, 0.2) is 0 Å². The molecule has 1 aliphatic rings. The van der Waals surface area contributed by atoms with Crippen molar-refractivity contribution in [3.8, 4) is 5.75 Å². The number of hydrogen-bond donors (Lipinski definition) is 4. The lowest BCUT2D eigenvalue weighted by atomic mass is 9.99. The van der Waals surface area contributed by atoms with Gasteiger partial charge in [-0.15, -0.1) is 0 Å². The molecule has 0 aromatic heterocycles. The Balaban J connectivity index is 1.67. The molecule has 1 heterocycles. The van der Waals surface area contributed by atoms with E-state index in [1.54, 1.807) is 12.1 Å². The summed E-state index contributed by atoms with van der Waals surface area (Å²) >= 11 is 6.14. The van der Waals surface area contributed by atoms with E-state index >= 15 is 0 Å². The van der Waals surface area contributed by atoms with Crippen LogP contribution < -0.4 is 16.2 Å². The van der Waals surface area contributed by atoms with Gasteiger partial charge in [0.1, 0.15) is 11.8 Å². The Kier molecular flexibility index (Phi) is 4.76. The van der Waals surface area contributed by atoms with Crippen LogP contribution in [0.15, 0.2) is 36.4 Å². The second kappa shape index (κ2) is 6.81. The molecule has 6 heteroatoms. The fourth-order valence-electron chi connectivity index (χ4n) is 2.76. The molecular weight excluding hydrogens is 326 g/mol. The van der Waals surface area contributed by atoms with Crippen LogP contribution in [0.4, 0.5) is 5.69 Å². The van der Waals surface area contributed by atoms with Crippen molar-refractivity contribution < 1.29 is 9.90 Å². The third-order valence-corrected chi connectivity index (χ3v) is 4.63. The molecule has 0 spiro atoms. The Bertz CT molecular complexity index is 762. The van der Waals surface area contributed by atoms with E-state index in [9.17, 15) is 9.90 Å². The van der Waals surface area contributed by atoms with Crippen molar-refractivity contribution in [2.24, 2.45) is 0 Å². The van der Waals surface area contributed by atoms with E-state index in [4.69, 9.17) is 11.6 Å². The van der Waals surface area contributed by atoms with Gasteiger partial charge < -0.3 is 10.4 Å². The van der Waals surface area contributed by atoms with E-state index in [0.29, 0.717) is 17.0 Å². The number of aryl methyl sites for hydroxylation is 2. The summed E-state index contributed by atoms with van der Waals surface area (Å²) in [6.45, 7) is 3.84. The van der Waals surface area contributed by atoms with Gasteiger partial charge in [0.2, 0.25) is 5.91 Å². The van der Waals surface area contributed by atoms with Crippen molar-refractivity contribution in [2.75, 3.05) is 5.32 Å². The second-order valence-corrected chi connectivity index (χ2v) is 6.55. The average molecular weight is 346 g/mol. The Labute approximate surface area is 146 Å². The number of rotatable bonds is 3. The SMILES string of the molecule is Cc1ccc(NC(=O)C2CC(c3cc(Cl)c(C)cc3O)NN2)cc1. The van der Waals surface area contributed by atoms with Gasteiger partial charge in [-0.1, -0.05) is 29.3 Å². The molecule has 2 unspecified atom stereocenters. The van der Waals surface area contributed by atoms with Crippen molar-refractivity contribution in [2.45, 2.75) is 32.4 Å². The van der Waals surface area contributed by atoms with Crippen LogP contribution in [0.5, 0.6) is 5.75 Å². The lowest BCUT2D eigenvalue weighted by Crippen LogP contribution is -2.39. The molecule has 1 saturated heterocycles. The summed E-state index contributed by atoms with van der Waals surface area (Å²) in [6.07, 6.45) is 0.518. The number of anilines is 1. The molecule has 2 atom stereocenters. The molecule has 4 N–H and O–H groups in total. The summed E-state index contributed by atoms with van der Waals surface area (Å²) in [5.74, 6) is 0.0577. The quantitative estimate of drug-likeness (QED) is 0.689. The number of phenols is 1. The highest BCUT2D eigenvalue weighted by molar-refractivity contribution is 6.31. The van der Waals surface area contributed by atoms with Gasteiger partial charge in [0.25, 0.3) is 0 Å². The van der Waals surface area contributed by atoms with Gasteiger partial charge in [-0.05, 0) is 50.1 Å². The molecule has 24 heavy (non-hydrogen) atoms. The van der Waals surface area contributed by atoms with Crippen LogP contribution >= 0.6 is 11.6 Å². The summed E-state index contributed by atoms with van der Waals surface area (Å²) in [4.78, 5) is 12.4. The summed E-state index contributed by atoms with van der Waals surface area (Å²) in [5.41, 5.74) is 9.44. The molecule has 2 aromatic carbocycles. The number of benzene rings is 2. The lowest BCUT2D eigenvalue weighted by Gasteiger charge is -2.13. The second-order valence-electron chi connectivity index (χ2n) is 6.15. The maximum absolute atomic E-state index is 12.4. The molecule has 0 bridgehead atoms. The Morgan fingerprint density at radius 3 is 2.62 bits per heavy atom. The zero-order valence-corrected chi connectivity index (χ0v) is 14.3. The molecule has 5 nitrogen and oxygen atoms in total. The van der Waals surface area contributed by atoms with Crippen LogP contribution in [0.2, 0.25) is 5.02 Å². The van der Waals surface area contributed by atoms with Crippen LogP contribution in [-0.4, -0.2) is 17.1 Å². The van der Waals surface area contributed by atoms with E-state index in [0.717, 1.165) is 16.8 Å². The molecule has 2 aromatic rings. The molecule has 1 fully saturated rings. The van der Waals surface area contributed by atoms with Crippen LogP contribution in [0.1, 0.15) is 29.2 Å². The maximum atomic E-state index is 12.4. The summed E-state index contributed by atoms with van der Waals surface area (Å²) < 4.78 is 0. The highest BCUT2D eigenvalue weighted by Crippen LogP contribution is 2.33. The summed E-state index contributed by atoms with van der Waals surface area (Å²) in [7, 11) is 0. The zero-order valence-electron chi connectivity index (χ0n) is 13.6. The van der Waals surface area contributed by atoms with E-state index in [1.165, 1.54) is 0 Å². The van der Waals surface area contributed by atoms with Gasteiger partial charge in [-0.3, -0.25) is 4.79 Å². The molecule has 1 aliphatic heterocycles. The minimum Gasteiger partial charge on any atom is -0.508 e. The third-order valence-electron chi connectivity index (χ3n) is 4.22. The number of hydrazine groups is 1. The first-order valence-electron chi connectivity index (χ1n) is 7.81. The number of halogens is 1. The first-order chi connectivity index (χ1) is 11.4. The van der Waals surface area contributed by atoms with Crippen LogP contribution in [-0.2, 0) is 4.79 Å². The Hall–Kier alpha value is -2.08. The van der Waals surface area contributed by atoms with Gasteiger partial charge in [0.05, 0.1) is 6.04 Å². The number of carbonyl (C=O) groups is 1. The van der Waals surface area contributed by atoms with Gasteiger partial charge in [-0.25, -0.2) is 10.9 Å². The number of nitrogens with one attached hydrogen (secondary N) is 3. The lowest BCUT2D eigenvalue weighted by molar-refractivity contribution is -0.117. The van der Waals surface area contributed by atoms with Crippen molar-refractivity contribution >= 4 is 23.2 Å². The van der Waals surface area contributed by atoms with Gasteiger partial charge in [-0.2, -0.15) is 0 Å². The van der Waals surface area contributed by atoms with E-state index in [2.05, 4.69) is 16.2 Å². The maximum Gasteiger partial charge on any atom is 0.242 e. The highest BCUT2D eigenvalue weighted by atomic mass is 35.5. The minimum absolute atomic E-state index is 0.119. The minimum atomic E-state index is -0.393. The van der Waals surface area contributed by atoms with E-state index in [1.807, 2.05) is 38.1 Å². The largest absolute Gasteiger partial charge is 0.508 e. The normalized spacial score (nSPS) is 20.1. The predicted molar refractivity (Wildman–Crippen MR) is 95.1 cm³/mol. The number of phenolic OH excluding ortho intramolecular Hbond substituents is 1. The molecule has 0 saturated carbocycles. The molecule has 0 radical (unpaired) electrons. The van der Waals surface area contributed by atoms with Gasteiger partial charge >= 0.3 is 0 Å². The first kappa shape index (κ1) is 16.8. The standard InChI is InChI=1S/C18H20ClN3O2/c1-10-3-5-12(6-4-10)20-18(24)16-9-15(21-22-16)13-8-14(19)11(2)7-17(13)23/h3-8,15-16,21-23H,9H2,1-2H3,(H,20,24). The summed E-state index contributed by atoms with van der Waals surface area (Å²) in [6, 6.07) is 10.4. The van der Waals surface area contributed by atoms with Crippen molar-refractivity contribution in [3.63, 3.8) is 0 Å². The topological polar surface area (TPSA) is 73.4 Å². The smallest absolute Gasteiger partial charge is 0.242 e. The van der Waals surface area contributed by atoms with Crippen LogP contribution in [0.25, 0.3) is 0 Å². The van der Waals surface area contributed by atoms with Crippen LogP contribution in [0, 0.1) is 13.8 Å². The number of amides is 1. The summed E-state index contributed by atoms with van der Waals surface area (Å²) in [5, 5.41) is 13.6. The average Bonchev–Trinajstić information content (AvgIpc) is 3.03. The fraction of sp³-hybridized carbons (Fsp3) is 0.278. The van der Waals surface area contributed by atoms with Crippen molar-refractivity contribution in [1.29, 1.82) is 0 Å². The monoisotopic (exact) mass is 345 g/mol. The molecule has 1 amide bonds.